The van der Waals surface area contributed by atoms with Crippen molar-refractivity contribution in [3.05, 3.63) is 47.8 Å². The average Bonchev–Trinajstić information content (AvgIpc) is 3.55. The molecule has 1 aliphatic carbocycles. The molecule has 6 N–H and O–H groups in total. The van der Waals surface area contributed by atoms with E-state index < -0.39 is 78.3 Å². The molecule has 0 spiro atoms. The van der Waals surface area contributed by atoms with Gasteiger partial charge in [0.2, 0.25) is 5.91 Å². The Balaban J connectivity index is 2.00. The molecule has 55 heavy (non-hydrogen) atoms. The Morgan fingerprint density at radius 2 is 1.71 bits per heavy atom. The van der Waals surface area contributed by atoms with Gasteiger partial charge in [-0.1, -0.05) is 63.6 Å². The zero-order valence-electron chi connectivity index (χ0n) is 35.0. The zero-order chi connectivity index (χ0) is 41.4. The maximum atomic E-state index is 12.1. The predicted octanol–water partition coefficient (Wildman–Crippen LogP) is 3.92. The van der Waals surface area contributed by atoms with E-state index >= 15 is 0 Å². The minimum Gasteiger partial charge on any atom is -0.499 e. The molecular formula is C42H71NO12. The topological polar surface area (TPSA) is 186 Å². The van der Waals surface area contributed by atoms with Crippen molar-refractivity contribution in [2.45, 2.75) is 161 Å². The Hall–Kier alpha value is -2.17. The van der Waals surface area contributed by atoms with E-state index in [9.17, 15) is 30.3 Å². The van der Waals surface area contributed by atoms with E-state index in [0.717, 1.165) is 12.0 Å². The standard InChI is InChI=1S/C42H71NO12/c1-13-42(49)40(52-12)37(46)26(5)39(55-42)35(51-11)21-25(4)33(54-36-22-32(43-29(8)45)38(47)28(7)53-36)18-19-41(9,48)31-16-17-34(50-10)30(31)15-14-23(2)20-24(3)27(6)44/h14-15,18-21,24-28,30-34,36-40,44,46-49H,13,16-17,22H2,1-12H3,(H,43,45)/b15-14+,19-18+,23-20+,35-21-/t24-,25+,26+,27+,28-,30-,31+,32+,33+,34+,36+,37+,38-,39-,40-,41-,42-/m1/s1. The van der Waals surface area contributed by atoms with E-state index in [4.69, 9.17) is 28.4 Å². The Labute approximate surface area is 328 Å². The van der Waals surface area contributed by atoms with Gasteiger partial charge in [0.1, 0.15) is 24.1 Å². The van der Waals surface area contributed by atoms with Gasteiger partial charge in [-0.25, -0.2) is 0 Å². The van der Waals surface area contributed by atoms with Crippen molar-refractivity contribution in [3.63, 3.8) is 0 Å². The van der Waals surface area contributed by atoms with Crippen LogP contribution in [0.5, 0.6) is 0 Å². The lowest BCUT2D eigenvalue weighted by molar-refractivity contribution is -0.338. The first-order valence-electron chi connectivity index (χ1n) is 19.8. The highest BCUT2D eigenvalue weighted by molar-refractivity contribution is 5.73. The number of hydrogen-bond donors (Lipinski definition) is 6. The largest absolute Gasteiger partial charge is 0.499 e. The lowest BCUT2D eigenvalue weighted by Crippen LogP contribution is -2.62. The summed E-state index contributed by atoms with van der Waals surface area (Å²) in [5.74, 6) is -2.93. The number of aliphatic hydroxyl groups excluding tert-OH is 3. The molecule has 2 aliphatic heterocycles. The molecule has 3 fully saturated rings. The zero-order valence-corrected chi connectivity index (χ0v) is 35.0. The molecule has 17 atom stereocenters. The third kappa shape index (κ3) is 11.9. The van der Waals surface area contributed by atoms with Gasteiger partial charge >= 0.3 is 0 Å². The maximum absolute atomic E-state index is 12.1. The van der Waals surface area contributed by atoms with Crippen LogP contribution < -0.4 is 5.32 Å². The van der Waals surface area contributed by atoms with Gasteiger partial charge in [-0.2, -0.15) is 0 Å². The summed E-state index contributed by atoms with van der Waals surface area (Å²) in [6, 6.07) is -0.601. The van der Waals surface area contributed by atoms with Gasteiger partial charge in [-0.15, -0.1) is 0 Å². The van der Waals surface area contributed by atoms with Crippen LogP contribution in [0.15, 0.2) is 47.8 Å². The summed E-state index contributed by atoms with van der Waals surface area (Å²) < 4.78 is 36.1. The molecule has 3 aliphatic rings. The van der Waals surface area contributed by atoms with Gasteiger partial charge in [-0.05, 0) is 52.5 Å². The van der Waals surface area contributed by atoms with Crippen LogP contribution in [-0.4, -0.2) is 125 Å². The number of amides is 1. The number of ether oxygens (including phenoxy) is 6. The van der Waals surface area contributed by atoms with Crippen molar-refractivity contribution in [3.8, 4) is 0 Å². The summed E-state index contributed by atoms with van der Waals surface area (Å²) in [6.45, 7) is 16.1. The minimum atomic E-state index is -1.76. The van der Waals surface area contributed by atoms with Crippen LogP contribution in [0.25, 0.3) is 0 Å². The summed E-state index contributed by atoms with van der Waals surface area (Å²) in [5.41, 5.74) is -0.287. The van der Waals surface area contributed by atoms with Gasteiger partial charge in [-0.3, -0.25) is 4.79 Å². The van der Waals surface area contributed by atoms with Crippen molar-refractivity contribution in [2.24, 2.45) is 29.6 Å². The van der Waals surface area contributed by atoms with E-state index in [-0.39, 0.29) is 42.6 Å². The lowest BCUT2D eigenvalue weighted by atomic mass is 9.79. The third-order valence-electron chi connectivity index (χ3n) is 11.9. The van der Waals surface area contributed by atoms with Crippen LogP contribution in [0.1, 0.15) is 88.0 Å². The van der Waals surface area contributed by atoms with Crippen molar-refractivity contribution in [1.82, 2.24) is 5.32 Å². The minimum absolute atomic E-state index is 0.00846. The Bertz CT molecular complexity index is 1350. The summed E-state index contributed by atoms with van der Waals surface area (Å²) in [4.78, 5) is 12.0. The predicted molar refractivity (Wildman–Crippen MR) is 208 cm³/mol. The Morgan fingerprint density at radius 1 is 1.04 bits per heavy atom. The van der Waals surface area contributed by atoms with Crippen LogP contribution in [-0.2, 0) is 33.2 Å². The van der Waals surface area contributed by atoms with Gasteiger partial charge in [0, 0.05) is 57.7 Å². The fraction of sp³-hybridized carbons (Fsp3) is 0.786. The average molecular weight is 782 g/mol. The van der Waals surface area contributed by atoms with Crippen molar-refractivity contribution in [2.75, 3.05) is 21.3 Å². The fourth-order valence-corrected chi connectivity index (χ4v) is 8.22. The Morgan fingerprint density at radius 3 is 2.27 bits per heavy atom. The first kappa shape index (κ1) is 47.2. The first-order valence-corrected chi connectivity index (χ1v) is 19.8. The molecule has 0 aromatic rings. The van der Waals surface area contributed by atoms with Crippen LogP contribution >= 0.6 is 0 Å². The second-order valence-corrected chi connectivity index (χ2v) is 16.3. The molecule has 0 bridgehead atoms. The van der Waals surface area contributed by atoms with Gasteiger partial charge in [0.05, 0.1) is 49.3 Å². The molecule has 0 unspecified atom stereocenters. The summed E-state index contributed by atoms with van der Waals surface area (Å²) >= 11 is 0. The van der Waals surface area contributed by atoms with Crippen LogP contribution in [0.4, 0.5) is 0 Å². The van der Waals surface area contributed by atoms with E-state index in [1.807, 2.05) is 39.0 Å². The highest BCUT2D eigenvalue weighted by atomic mass is 16.7. The van der Waals surface area contributed by atoms with E-state index in [0.29, 0.717) is 12.2 Å². The molecule has 2 saturated heterocycles. The molecule has 316 valence electrons. The monoisotopic (exact) mass is 781 g/mol. The summed E-state index contributed by atoms with van der Waals surface area (Å²) in [7, 11) is 4.60. The third-order valence-corrected chi connectivity index (χ3v) is 11.9. The van der Waals surface area contributed by atoms with E-state index in [2.05, 4.69) is 11.4 Å². The molecule has 1 saturated carbocycles. The number of rotatable bonds is 17. The highest BCUT2D eigenvalue weighted by Gasteiger charge is 2.53. The normalized spacial score (nSPS) is 38.5. The van der Waals surface area contributed by atoms with Gasteiger partial charge < -0.3 is 59.3 Å². The number of nitrogens with one attached hydrogen (secondary N) is 1. The molecular weight excluding hydrogens is 710 g/mol. The number of carbonyl (C=O) groups excluding carboxylic acids is 1. The molecule has 0 radical (unpaired) electrons. The fourth-order valence-electron chi connectivity index (χ4n) is 8.22. The Kier molecular flexibility index (Phi) is 17.6. The number of hydrogen-bond acceptors (Lipinski definition) is 12. The first-order chi connectivity index (χ1) is 25.7. The van der Waals surface area contributed by atoms with Crippen LogP contribution in [0.3, 0.4) is 0 Å². The van der Waals surface area contributed by atoms with Gasteiger partial charge in [0.25, 0.3) is 0 Å². The lowest BCUT2D eigenvalue weighted by Gasteiger charge is -2.48. The molecule has 13 nitrogen and oxygen atoms in total. The smallest absolute Gasteiger partial charge is 0.217 e. The molecule has 13 heteroatoms. The highest BCUT2D eigenvalue weighted by Crippen LogP contribution is 2.43. The van der Waals surface area contributed by atoms with E-state index in [1.54, 1.807) is 53.9 Å². The van der Waals surface area contributed by atoms with E-state index in [1.165, 1.54) is 21.1 Å². The number of carbonyl (C=O) groups is 1. The van der Waals surface area contributed by atoms with Crippen LogP contribution in [0.2, 0.25) is 0 Å². The van der Waals surface area contributed by atoms with Crippen LogP contribution in [0, 0.1) is 29.6 Å². The summed E-state index contributed by atoms with van der Waals surface area (Å²) in [5, 5.41) is 58.2. The second-order valence-electron chi connectivity index (χ2n) is 16.3. The SMILES string of the molecule is CC[C@@]1(O)O[C@@H](/C(=C/[C@H](C)[C@H](/C=C/[C@@](C)(O)[C@H]2CC[C@H](OC)[C@@H]2/C=C/C(C)=C/[C@@H](C)[C@H](C)O)O[C@H]2C[C@H](NC(C)=O)[C@H](O)[C@@H](C)O2)OC)[C@@H](C)[C@H](O)[C@H]1OC. The quantitative estimate of drug-likeness (QED) is 0.0712. The number of allylic oxidation sites excluding steroid dienone is 2. The second kappa shape index (κ2) is 20.5. The maximum Gasteiger partial charge on any atom is 0.217 e. The molecule has 3 rings (SSSR count). The number of methoxy groups -OCH3 is 3. The molecule has 0 aromatic carbocycles. The van der Waals surface area contributed by atoms with Crippen molar-refractivity contribution >= 4 is 5.91 Å². The van der Waals surface area contributed by atoms with Crippen molar-refractivity contribution in [1.29, 1.82) is 0 Å². The molecule has 1 amide bonds. The number of aliphatic hydroxyl groups is 5. The van der Waals surface area contributed by atoms with Crippen molar-refractivity contribution < 1.29 is 58.7 Å². The molecule has 0 aromatic heterocycles. The molecule has 2 heterocycles. The summed E-state index contributed by atoms with van der Waals surface area (Å²) in [6.07, 6.45) is 6.84. The van der Waals surface area contributed by atoms with Gasteiger partial charge in [0.15, 0.2) is 12.1 Å².